The van der Waals surface area contributed by atoms with Gasteiger partial charge in [-0.05, 0) is 43.2 Å². The lowest BCUT2D eigenvalue weighted by Crippen LogP contribution is -2.38. The Morgan fingerprint density at radius 1 is 1.30 bits per heavy atom. The van der Waals surface area contributed by atoms with Crippen LogP contribution < -0.4 is 10.2 Å². The second-order valence-corrected chi connectivity index (χ2v) is 10.0. The van der Waals surface area contributed by atoms with Crippen LogP contribution in [0.15, 0.2) is 22.5 Å². The molecule has 0 unspecified atom stereocenters. The van der Waals surface area contributed by atoms with Crippen LogP contribution in [0.3, 0.4) is 0 Å². The molecule has 0 atom stereocenters. The summed E-state index contributed by atoms with van der Waals surface area (Å²) in [6, 6.07) is 6.36. The van der Waals surface area contributed by atoms with Gasteiger partial charge in [0.2, 0.25) is 11.0 Å². The third kappa shape index (κ3) is 4.25. The van der Waals surface area contributed by atoms with Crippen LogP contribution in [-0.4, -0.2) is 39.9 Å². The van der Waals surface area contributed by atoms with E-state index in [2.05, 4.69) is 52.5 Å². The topological polar surface area (TPSA) is 71.0 Å². The van der Waals surface area contributed by atoms with E-state index in [1.807, 2.05) is 0 Å². The van der Waals surface area contributed by atoms with Crippen molar-refractivity contribution >= 4 is 60.8 Å². The molecule has 0 bridgehead atoms. The first-order valence-electron chi connectivity index (χ1n) is 9.01. The third-order valence-electron chi connectivity index (χ3n) is 4.57. The molecule has 1 N–H and O–H groups in total. The van der Waals surface area contributed by atoms with Crippen LogP contribution in [0.2, 0.25) is 0 Å². The summed E-state index contributed by atoms with van der Waals surface area (Å²) >= 11 is 4.81. The summed E-state index contributed by atoms with van der Waals surface area (Å²) in [6.07, 6.45) is 1.66. The van der Waals surface area contributed by atoms with Gasteiger partial charge in [0.1, 0.15) is 0 Å². The maximum atomic E-state index is 12.5. The van der Waals surface area contributed by atoms with Crippen LogP contribution in [0.1, 0.15) is 25.3 Å². The number of carbonyl (C=O) groups excluding carboxylic acids is 1. The number of amides is 1. The lowest BCUT2D eigenvalue weighted by Gasteiger charge is -2.30. The van der Waals surface area contributed by atoms with Crippen molar-refractivity contribution in [2.45, 2.75) is 31.0 Å². The van der Waals surface area contributed by atoms with Crippen LogP contribution in [0.25, 0.3) is 10.2 Å². The maximum absolute atomic E-state index is 12.5. The first kappa shape index (κ1) is 18.6. The summed E-state index contributed by atoms with van der Waals surface area (Å²) < 4.78 is 2.12. The fraction of sp³-hybridized carbons (Fsp3) is 0.444. The molecule has 1 aliphatic heterocycles. The molecule has 27 heavy (non-hydrogen) atoms. The van der Waals surface area contributed by atoms with Gasteiger partial charge >= 0.3 is 0 Å². The van der Waals surface area contributed by atoms with Crippen LogP contribution in [0.5, 0.6) is 0 Å². The number of benzene rings is 1. The monoisotopic (exact) mass is 419 g/mol. The quantitative estimate of drug-likeness (QED) is 0.487. The number of hydrogen-bond donors (Lipinski definition) is 1. The van der Waals surface area contributed by atoms with Gasteiger partial charge in [-0.15, -0.1) is 10.2 Å². The minimum atomic E-state index is 0.0176. The fourth-order valence-corrected chi connectivity index (χ4v) is 5.90. The molecule has 0 aliphatic carbocycles. The molecule has 1 amide bonds. The largest absolute Gasteiger partial charge is 0.348 e. The van der Waals surface area contributed by atoms with E-state index in [-0.39, 0.29) is 11.8 Å². The molecule has 3 aromatic rings. The van der Waals surface area contributed by atoms with E-state index < -0.39 is 0 Å². The van der Waals surface area contributed by atoms with E-state index in [1.165, 1.54) is 21.6 Å². The van der Waals surface area contributed by atoms with Gasteiger partial charge in [-0.2, -0.15) is 0 Å². The first-order valence-corrected chi connectivity index (χ1v) is 11.6. The van der Waals surface area contributed by atoms with Crippen molar-refractivity contribution in [3.8, 4) is 0 Å². The van der Waals surface area contributed by atoms with Crippen molar-refractivity contribution in [3.63, 3.8) is 0 Å². The Bertz CT molecular complexity index is 946. The lowest BCUT2D eigenvalue weighted by molar-refractivity contribution is -0.120. The Hall–Kier alpha value is -1.71. The molecule has 0 saturated carbocycles. The molecule has 1 aromatic carbocycles. The predicted octanol–water partition coefficient (Wildman–Crippen LogP) is 4.42. The first-order chi connectivity index (χ1) is 13.1. The number of rotatable bonds is 5. The van der Waals surface area contributed by atoms with Gasteiger partial charge in [-0.3, -0.25) is 4.79 Å². The number of aryl methyl sites for hydroxylation is 1. The Morgan fingerprint density at radius 3 is 2.89 bits per heavy atom. The van der Waals surface area contributed by atoms with E-state index >= 15 is 0 Å². The second kappa shape index (κ2) is 8.12. The number of hydrogen-bond acceptors (Lipinski definition) is 8. The number of nitrogens with zero attached hydrogens (tertiary/aromatic N) is 4. The van der Waals surface area contributed by atoms with E-state index in [0.717, 1.165) is 46.7 Å². The summed E-state index contributed by atoms with van der Waals surface area (Å²) in [6.45, 7) is 5.88. The minimum absolute atomic E-state index is 0.0176. The smallest absolute Gasteiger partial charge is 0.229 e. The van der Waals surface area contributed by atoms with Crippen molar-refractivity contribution in [1.82, 2.24) is 15.2 Å². The van der Waals surface area contributed by atoms with Crippen LogP contribution in [0.4, 0.5) is 10.3 Å². The molecule has 1 aliphatic rings. The van der Waals surface area contributed by atoms with Gasteiger partial charge in [-0.25, -0.2) is 4.98 Å². The van der Waals surface area contributed by atoms with Crippen molar-refractivity contribution in [1.29, 1.82) is 0 Å². The zero-order chi connectivity index (χ0) is 18.8. The molecular weight excluding hydrogens is 398 g/mol. The van der Waals surface area contributed by atoms with Crippen molar-refractivity contribution in [2.24, 2.45) is 5.92 Å². The highest BCUT2D eigenvalue weighted by atomic mass is 32.2. The number of thiazole rings is 1. The molecule has 0 radical (unpaired) electrons. The highest BCUT2D eigenvalue weighted by Gasteiger charge is 2.27. The summed E-state index contributed by atoms with van der Waals surface area (Å²) in [4.78, 5) is 19.6. The summed E-state index contributed by atoms with van der Waals surface area (Å²) in [5.74, 6) is 1.02. The Kier molecular flexibility index (Phi) is 5.60. The van der Waals surface area contributed by atoms with Crippen molar-refractivity contribution in [2.75, 3.05) is 29.1 Å². The van der Waals surface area contributed by atoms with Gasteiger partial charge in [0.05, 0.1) is 10.2 Å². The average molecular weight is 420 g/mol. The molecule has 142 valence electrons. The normalized spacial score (nSPS) is 15.4. The number of carbonyl (C=O) groups is 1. The van der Waals surface area contributed by atoms with E-state index in [1.54, 1.807) is 23.1 Å². The van der Waals surface area contributed by atoms with Crippen LogP contribution >= 0.6 is 34.4 Å². The third-order valence-corrected chi connectivity index (χ3v) is 7.51. The summed E-state index contributed by atoms with van der Waals surface area (Å²) in [5.41, 5.74) is 2.31. The second-order valence-electron chi connectivity index (χ2n) is 6.52. The van der Waals surface area contributed by atoms with Gasteiger partial charge < -0.3 is 10.2 Å². The van der Waals surface area contributed by atoms with Crippen molar-refractivity contribution < 1.29 is 4.79 Å². The number of nitrogens with one attached hydrogen (secondary N) is 1. The molecule has 4 rings (SSSR count). The number of aromatic nitrogens is 3. The SMILES string of the molecule is CCSc1nnc(NC(=O)C2CCN(c3nc4ccc(C)cc4s3)CC2)s1. The minimum Gasteiger partial charge on any atom is -0.348 e. The fourth-order valence-electron chi connectivity index (χ4n) is 3.14. The van der Waals surface area contributed by atoms with Gasteiger partial charge in [-0.1, -0.05) is 47.4 Å². The maximum Gasteiger partial charge on any atom is 0.229 e. The molecule has 6 nitrogen and oxygen atoms in total. The standard InChI is InChI=1S/C18H21N5OS3/c1-3-25-18-22-21-16(27-18)20-15(24)12-6-8-23(9-7-12)17-19-13-5-4-11(2)10-14(13)26-17/h4-5,10,12H,3,6-9H2,1-2H3,(H,20,21,24). The lowest BCUT2D eigenvalue weighted by atomic mass is 9.96. The molecule has 1 fully saturated rings. The zero-order valence-corrected chi connectivity index (χ0v) is 17.7. The molecule has 0 spiro atoms. The van der Waals surface area contributed by atoms with Gasteiger partial charge in [0.25, 0.3) is 0 Å². The Labute approximate surface area is 170 Å². The summed E-state index contributed by atoms with van der Waals surface area (Å²) in [7, 11) is 0. The van der Waals surface area contributed by atoms with Gasteiger partial charge in [0, 0.05) is 19.0 Å². The predicted molar refractivity (Wildman–Crippen MR) is 114 cm³/mol. The molecule has 9 heteroatoms. The van der Waals surface area contributed by atoms with E-state index in [0.29, 0.717) is 5.13 Å². The van der Waals surface area contributed by atoms with E-state index in [9.17, 15) is 4.79 Å². The number of fused-ring (bicyclic) bond motifs is 1. The van der Waals surface area contributed by atoms with E-state index in [4.69, 9.17) is 4.98 Å². The van der Waals surface area contributed by atoms with Crippen molar-refractivity contribution in [3.05, 3.63) is 23.8 Å². The number of piperidine rings is 1. The van der Waals surface area contributed by atoms with Gasteiger partial charge in [0.15, 0.2) is 9.47 Å². The average Bonchev–Trinajstić information content (AvgIpc) is 3.28. The highest BCUT2D eigenvalue weighted by molar-refractivity contribution is 8.01. The van der Waals surface area contributed by atoms with Crippen LogP contribution in [-0.2, 0) is 4.79 Å². The number of thioether (sulfide) groups is 1. The molecular formula is C18H21N5OS3. The van der Waals surface area contributed by atoms with Crippen LogP contribution in [0, 0.1) is 12.8 Å². The highest BCUT2D eigenvalue weighted by Crippen LogP contribution is 2.32. The molecule has 2 aromatic heterocycles. The summed E-state index contributed by atoms with van der Waals surface area (Å²) in [5, 5.41) is 12.7. The molecule has 3 heterocycles. The Morgan fingerprint density at radius 2 is 2.11 bits per heavy atom. The number of anilines is 2. The molecule has 1 saturated heterocycles. The zero-order valence-electron chi connectivity index (χ0n) is 15.3. The Balaban J connectivity index is 1.35.